The third-order valence-corrected chi connectivity index (χ3v) is 2.74. The minimum atomic E-state index is 0.890. The van der Waals surface area contributed by atoms with E-state index >= 15 is 0 Å². The van der Waals surface area contributed by atoms with Gasteiger partial charge in [-0.1, -0.05) is 18.2 Å². The number of H-pyrrole nitrogens is 1. The second-order valence-corrected chi connectivity index (χ2v) is 3.88. The first kappa shape index (κ1) is 9.15. The van der Waals surface area contributed by atoms with Gasteiger partial charge < -0.3 is 0 Å². The minimum Gasteiger partial charge on any atom is -0.280 e. The Balaban J connectivity index is 2.33. The van der Waals surface area contributed by atoms with Crippen LogP contribution in [0.4, 0.5) is 0 Å². The molecule has 4 heteroatoms. The van der Waals surface area contributed by atoms with Crippen LogP contribution in [-0.4, -0.2) is 20.0 Å². The molecule has 2 aromatic heterocycles. The van der Waals surface area contributed by atoms with Crippen molar-refractivity contribution < 1.29 is 0 Å². The lowest BCUT2D eigenvalue weighted by Crippen LogP contribution is -1.96. The van der Waals surface area contributed by atoms with Gasteiger partial charge in [-0.2, -0.15) is 10.2 Å². The highest BCUT2D eigenvalue weighted by atomic mass is 15.3. The summed E-state index contributed by atoms with van der Waals surface area (Å²) in [6.07, 6.45) is 0. The molecule has 0 aliphatic rings. The van der Waals surface area contributed by atoms with Crippen LogP contribution in [0.2, 0.25) is 0 Å². The van der Waals surface area contributed by atoms with Crippen LogP contribution in [0, 0.1) is 13.8 Å². The lowest BCUT2D eigenvalue weighted by atomic mass is 10.3. The fraction of sp³-hybridized carbons (Fsp3) is 0.167. The van der Waals surface area contributed by atoms with E-state index < -0.39 is 0 Å². The van der Waals surface area contributed by atoms with E-state index in [4.69, 9.17) is 0 Å². The van der Waals surface area contributed by atoms with Crippen molar-refractivity contribution in [2.75, 3.05) is 0 Å². The minimum absolute atomic E-state index is 0.890. The summed E-state index contributed by atoms with van der Waals surface area (Å²) in [5.74, 6) is 0. The number of fused-ring (bicyclic) bond motifs is 1. The third-order valence-electron chi connectivity index (χ3n) is 2.74. The number of aryl methyl sites for hydroxylation is 2. The number of hydrogen-bond donors (Lipinski definition) is 1. The second kappa shape index (κ2) is 3.20. The first-order valence-corrected chi connectivity index (χ1v) is 5.23. The van der Waals surface area contributed by atoms with Gasteiger partial charge in [-0.3, -0.25) is 5.10 Å². The molecule has 0 fully saturated rings. The monoisotopic (exact) mass is 212 g/mol. The predicted octanol–water partition coefficient (Wildman–Crippen LogP) is 2.37. The number of para-hydroxylation sites is 1. The van der Waals surface area contributed by atoms with Gasteiger partial charge >= 0.3 is 0 Å². The molecule has 1 aromatic carbocycles. The van der Waals surface area contributed by atoms with Gasteiger partial charge in [0.2, 0.25) is 0 Å². The Kier molecular flexibility index (Phi) is 1.83. The number of nitrogens with zero attached hydrogens (tertiary/aromatic N) is 3. The predicted molar refractivity (Wildman–Crippen MR) is 62.7 cm³/mol. The molecule has 0 atom stereocenters. The Labute approximate surface area is 92.9 Å². The number of nitrogens with one attached hydrogen (secondary N) is 1. The molecule has 0 saturated carbocycles. The summed E-state index contributed by atoms with van der Waals surface area (Å²) < 4.78 is 1.87. The molecule has 0 bridgehead atoms. The van der Waals surface area contributed by atoms with Crippen molar-refractivity contribution in [2.45, 2.75) is 13.8 Å². The van der Waals surface area contributed by atoms with Crippen LogP contribution >= 0.6 is 0 Å². The topological polar surface area (TPSA) is 46.5 Å². The Morgan fingerprint density at radius 3 is 2.62 bits per heavy atom. The molecule has 0 aliphatic carbocycles. The molecule has 0 saturated heterocycles. The zero-order valence-corrected chi connectivity index (χ0v) is 9.23. The smallest absolute Gasteiger partial charge is 0.184 e. The van der Waals surface area contributed by atoms with E-state index in [1.165, 1.54) is 0 Å². The largest absolute Gasteiger partial charge is 0.280 e. The quantitative estimate of drug-likeness (QED) is 0.673. The number of hydrogen-bond acceptors (Lipinski definition) is 2. The summed E-state index contributed by atoms with van der Waals surface area (Å²) in [7, 11) is 0. The van der Waals surface area contributed by atoms with E-state index in [9.17, 15) is 0 Å². The number of aromatic amines is 1. The highest BCUT2D eigenvalue weighted by Crippen LogP contribution is 2.21. The van der Waals surface area contributed by atoms with Crippen molar-refractivity contribution >= 4 is 11.0 Å². The normalized spacial score (nSPS) is 11.1. The third kappa shape index (κ3) is 1.16. The Bertz CT molecular complexity index is 634. The summed E-state index contributed by atoms with van der Waals surface area (Å²) in [6.45, 7) is 4.02. The van der Waals surface area contributed by atoms with Gasteiger partial charge in [0.15, 0.2) is 5.65 Å². The maximum absolute atomic E-state index is 4.51. The van der Waals surface area contributed by atoms with Gasteiger partial charge in [-0.15, -0.1) is 0 Å². The van der Waals surface area contributed by atoms with Crippen LogP contribution < -0.4 is 0 Å². The molecule has 1 N–H and O–H groups in total. The van der Waals surface area contributed by atoms with Gasteiger partial charge in [-0.25, -0.2) is 4.68 Å². The molecule has 0 unspecified atom stereocenters. The first-order valence-electron chi connectivity index (χ1n) is 5.23. The molecule has 3 aromatic rings. The fourth-order valence-electron chi connectivity index (χ4n) is 2.00. The summed E-state index contributed by atoms with van der Waals surface area (Å²) in [4.78, 5) is 0. The Morgan fingerprint density at radius 2 is 1.88 bits per heavy atom. The van der Waals surface area contributed by atoms with Crippen molar-refractivity contribution in [1.29, 1.82) is 0 Å². The van der Waals surface area contributed by atoms with Crippen LogP contribution in [-0.2, 0) is 0 Å². The van der Waals surface area contributed by atoms with Crippen molar-refractivity contribution in [3.63, 3.8) is 0 Å². The molecule has 0 spiro atoms. The summed E-state index contributed by atoms with van der Waals surface area (Å²) >= 11 is 0. The SMILES string of the molecule is Cc1nn(-c2ccccc2)c2n[nH]c(C)c12. The number of rotatable bonds is 1. The van der Waals surface area contributed by atoms with E-state index in [0.29, 0.717) is 0 Å². The van der Waals surface area contributed by atoms with Crippen LogP contribution in [0.3, 0.4) is 0 Å². The highest BCUT2D eigenvalue weighted by molar-refractivity contribution is 5.82. The van der Waals surface area contributed by atoms with E-state index in [0.717, 1.165) is 28.1 Å². The van der Waals surface area contributed by atoms with Crippen LogP contribution in [0.15, 0.2) is 30.3 Å². The average Bonchev–Trinajstić information content (AvgIpc) is 2.83. The van der Waals surface area contributed by atoms with Crippen LogP contribution in [0.25, 0.3) is 16.7 Å². The van der Waals surface area contributed by atoms with Crippen molar-refractivity contribution in [3.05, 3.63) is 41.7 Å². The lowest BCUT2D eigenvalue weighted by Gasteiger charge is -1.99. The van der Waals surface area contributed by atoms with Gasteiger partial charge in [0.25, 0.3) is 0 Å². The summed E-state index contributed by atoms with van der Waals surface area (Å²) in [5, 5.41) is 12.9. The standard InChI is InChI=1S/C12H12N4/c1-8-11-9(2)15-16(12(11)14-13-8)10-6-4-3-5-7-10/h3-7H,1-2H3,(H,13,14). The molecular formula is C12H12N4. The summed E-state index contributed by atoms with van der Waals surface area (Å²) in [6, 6.07) is 10.0. The Morgan fingerprint density at radius 1 is 1.12 bits per heavy atom. The van der Waals surface area contributed by atoms with Crippen molar-refractivity contribution in [3.8, 4) is 5.69 Å². The highest BCUT2D eigenvalue weighted by Gasteiger charge is 2.13. The molecule has 3 rings (SSSR count). The van der Waals surface area contributed by atoms with Crippen LogP contribution in [0.1, 0.15) is 11.4 Å². The first-order chi connectivity index (χ1) is 7.77. The Hall–Kier alpha value is -2.10. The molecule has 0 aliphatic heterocycles. The van der Waals surface area contributed by atoms with Gasteiger partial charge in [0.05, 0.1) is 16.8 Å². The van der Waals surface area contributed by atoms with E-state index in [1.54, 1.807) is 0 Å². The van der Waals surface area contributed by atoms with Gasteiger partial charge in [-0.05, 0) is 26.0 Å². The molecule has 0 amide bonds. The van der Waals surface area contributed by atoms with E-state index in [1.807, 2.05) is 48.9 Å². The zero-order valence-electron chi connectivity index (χ0n) is 9.23. The molecule has 4 nitrogen and oxygen atoms in total. The maximum atomic E-state index is 4.51. The maximum Gasteiger partial charge on any atom is 0.184 e. The lowest BCUT2D eigenvalue weighted by molar-refractivity contribution is 0.861. The average molecular weight is 212 g/mol. The van der Waals surface area contributed by atoms with E-state index in [-0.39, 0.29) is 0 Å². The zero-order chi connectivity index (χ0) is 11.1. The molecule has 2 heterocycles. The van der Waals surface area contributed by atoms with E-state index in [2.05, 4.69) is 15.3 Å². The van der Waals surface area contributed by atoms with Gasteiger partial charge in [0, 0.05) is 5.69 Å². The molecular weight excluding hydrogens is 200 g/mol. The van der Waals surface area contributed by atoms with Gasteiger partial charge in [0.1, 0.15) is 0 Å². The molecule has 16 heavy (non-hydrogen) atoms. The fourth-order valence-corrected chi connectivity index (χ4v) is 2.00. The molecule has 0 radical (unpaired) electrons. The summed E-state index contributed by atoms with van der Waals surface area (Å²) in [5.41, 5.74) is 3.99. The molecule has 80 valence electrons. The van der Waals surface area contributed by atoms with Crippen molar-refractivity contribution in [1.82, 2.24) is 20.0 Å². The van der Waals surface area contributed by atoms with Crippen molar-refractivity contribution in [2.24, 2.45) is 0 Å². The second-order valence-electron chi connectivity index (χ2n) is 3.88. The number of benzene rings is 1. The van der Waals surface area contributed by atoms with Crippen LogP contribution in [0.5, 0.6) is 0 Å². The number of aromatic nitrogens is 4.